The summed E-state index contributed by atoms with van der Waals surface area (Å²) < 4.78 is 5.25. The Bertz CT molecular complexity index is 442. The zero-order valence-electron chi connectivity index (χ0n) is 10.9. The van der Waals surface area contributed by atoms with Crippen LogP contribution in [0, 0.1) is 11.8 Å². The lowest BCUT2D eigenvalue weighted by atomic mass is 9.94. The molecule has 0 spiro atoms. The Hall–Kier alpha value is -1.02. The minimum atomic E-state index is 0.141. The van der Waals surface area contributed by atoms with Gasteiger partial charge in [0, 0.05) is 10.9 Å². The SMILES string of the molecule is CCC1CCC(C(=O)c2cc(Cl)ccc2OC)C1. The first-order valence-electron chi connectivity index (χ1n) is 6.53. The molecular weight excluding hydrogens is 248 g/mol. The average Bonchev–Trinajstić information content (AvgIpc) is 2.86. The van der Waals surface area contributed by atoms with E-state index in [4.69, 9.17) is 16.3 Å². The molecule has 0 aromatic heterocycles. The highest BCUT2D eigenvalue weighted by Gasteiger charge is 2.30. The van der Waals surface area contributed by atoms with Crippen molar-refractivity contribution >= 4 is 17.4 Å². The molecule has 0 bridgehead atoms. The zero-order valence-corrected chi connectivity index (χ0v) is 11.7. The second-order valence-corrected chi connectivity index (χ2v) is 5.43. The first kappa shape index (κ1) is 13.4. The Balaban J connectivity index is 2.21. The fourth-order valence-corrected chi connectivity index (χ4v) is 2.95. The van der Waals surface area contributed by atoms with Crippen LogP contribution in [0.4, 0.5) is 0 Å². The van der Waals surface area contributed by atoms with Gasteiger partial charge in [-0.05, 0) is 43.4 Å². The van der Waals surface area contributed by atoms with Crippen molar-refractivity contribution in [1.82, 2.24) is 0 Å². The van der Waals surface area contributed by atoms with Gasteiger partial charge in [0.2, 0.25) is 0 Å². The second kappa shape index (κ2) is 5.75. The van der Waals surface area contributed by atoms with Gasteiger partial charge >= 0.3 is 0 Å². The highest BCUT2D eigenvalue weighted by molar-refractivity contribution is 6.31. The fourth-order valence-electron chi connectivity index (χ4n) is 2.78. The van der Waals surface area contributed by atoms with Gasteiger partial charge in [-0.3, -0.25) is 4.79 Å². The van der Waals surface area contributed by atoms with E-state index in [0.29, 0.717) is 22.3 Å². The fraction of sp³-hybridized carbons (Fsp3) is 0.533. The number of hydrogen-bond donors (Lipinski definition) is 0. The lowest BCUT2D eigenvalue weighted by molar-refractivity contribution is 0.0917. The number of benzene rings is 1. The van der Waals surface area contributed by atoms with Crippen molar-refractivity contribution in [2.75, 3.05) is 7.11 Å². The van der Waals surface area contributed by atoms with Crippen molar-refractivity contribution in [3.05, 3.63) is 28.8 Å². The number of rotatable bonds is 4. The number of ether oxygens (including phenoxy) is 1. The number of halogens is 1. The van der Waals surface area contributed by atoms with E-state index < -0.39 is 0 Å². The number of methoxy groups -OCH3 is 1. The first-order chi connectivity index (χ1) is 8.65. The van der Waals surface area contributed by atoms with Gasteiger partial charge in [-0.25, -0.2) is 0 Å². The topological polar surface area (TPSA) is 26.3 Å². The van der Waals surface area contributed by atoms with Crippen LogP contribution in [0.5, 0.6) is 5.75 Å². The van der Waals surface area contributed by atoms with Gasteiger partial charge in [-0.15, -0.1) is 0 Å². The molecule has 0 amide bonds. The lowest BCUT2D eigenvalue weighted by Gasteiger charge is -2.12. The van der Waals surface area contributed by atoms with Crippen LogP contribution < -0.4 is 4.74 Å². The Morgan fingerprint density at radius 3 is 2.83 bits per heavy atom. The van der Waals surface area contributed by atoms with Gasteiger partial charge in [0.15, 0.2) is 5.78 Å². The Morgan fingerprint density at radius 2 is 2.22 bits per heavy atom. The molecule has 1 saturated carbocycles. The summed E-state index contributed by atoms with van der Waals surface area (Å²) >= 11 is 5.97. The van der Waals surface area contributed by atoms with E-state index in [1.54, 1.807) is 25.3 Å². The van der Waals surface area contributed by atoms with E-state index in [2.05, 4.69) is 6.92 Å². The van der Waals surface area contributed by atoms with Crippen LogP contribution in [0.2, 0.25) is 5.02 Å². The summed E-state index contributed by atoms with van der Waals surface area (Å²) in [6.07, 6.45) is 4.32. The number of Topliss-reactive ketones (excluding diaryl/α,β-unsaturated/α-hetero) is 1. The molecule has 1 fully saturated rings. The number of ketones is 1. The van der Waals surface area contributed by atoms with E-state index >= 15 is 0 Å². The van der Waals surface area contributed by atoms with E-state index in [0.717, 1.165) is 25.7 Å². The molecule has 2 atom stereocenters. The van der Waals surface area contributed by atoms with Crippen LogP contribution in [-0.4, -0.2) is 12.9 Å². The molecule has 1 aliphatic carbocycles. The highest BCUT2D eigenvalue weighted by Crippen LogP contribution is 2.36. The number of carbonyl (C=O) groups is 1. The van der Waals surface area contributed by atoms with Gasteiger partial charge in [-0.2, -0.15) is 0 Å². The van der Waals surface area contributed by atoms with Crippen molar-refractivity contribution in [3.63, 3.8) is 0 Å². The van der Waals surface area contributed by atoms with E-state index in [1.807, 2.05) is 0 Å². The van der Waals surface area contributed by atoms with Crippen LogP contribution in [-0.2, 0) is 0 Å². The smallest absolute Gasteiger partial charge is 0.169 e. The van der Waals surface area contributed by atoms with Gasteiger partial charge in [0.1, 0.15) is 5.75 Å². The normalized spacial score (nSPS) is 23.1. The van der Waals surface area contributed by atoms with Gasteiger partial charge in [-0.1, -0.05) is 24.9 Å². The molecule has 0 aliphatic heterocycles. The number of hydrogen-bond acceptors (Lipinski definition) is 2. The third-order valence-corrected chi connectivity index (χ3v) is 4.15. The van der Waals surface area contributed by atoms with Gasteiger partial charge in [0.05, 0.1) is 12.7 Å². The van der Waals surface area contributed by atoms with Crippen LogP contribution >= 0.6 is 11.6 Å². The molecule has 2 unspecified atom stereocenters. The Kier molecular flexibility index (Phi) is 4.28. The molecule has 0 saturated heterocycles. The van der Waals surface area contributed by atoms with Crippen molar-refractivity contribution in [2.45, 2.75) is 32.6 Å². The summed E-state index contributed by atoms with van der Waals surface area (Å²) in [5.74, 6) is 1.65. The molecular formula is C15H19ClO2. The highest BCUT2D eigenvalue weighted by atomic mass is 35.5. The van der Waals surface area contributed by atoms with Crippen LogP contribution in [0.25, 0.3) is 0 Å². The van der Waals surface area contributed by atoms with Crippen LogP contribution in [0.1, 0.15) is 43.0 Å². The summed E-state index contributed by atoms with van der Waals surface area (Å²) in [7, 11) is 1.59. The standard InChI is InChI=1S/C15H19ClO2/c1-3-10-4-5-11(8-10)15(17)13-9-12(16)6-7-14(13)18-2/h6-7,9-11H,3-5,8H2,1-2H3. The predicted molar refractivity (Wildman–Crippen MR) is 73.5 cm³/mol. The minimum absolute atomic E-state index is 0.141. The third-order valence-electron chi connectivity index (χ3n) is 3.92. The molecule has 1 aromatic carbocycles. The second-order valence-electron chi connectivity index (χ2n) is 4.99. The van der Waals surface area contributed by atoms with Crippen LogP contribution in [0.15, 0.2) is 18.2 Å². The van der Waals surface area contributed by atoms with Gasteiger partial charge < -0.3 is 4.74 Å². The third kappa shape index (κ3) is 2.69. The van der Waals surface area contributed by atoms with Crippen molar-refractivity contribution in [2.24, 2.45) is 11.8 Å². The summed E-state index contributed by atoms with van der Waals surface area (Å²) in [4.78, 5) is 12.5. The molecule has 0 N–H and O–H groups in total. The molecule has 2 rings (SSSR count). The molecule has 2 nitrogen and oxygen atoms in total. The zero-order chi connectivity index (χ0) is 13.1. The first-order valence-corrected chi connectivity index (χ1v) is 6.91. The molecule has 0 radical (unpaired) electrons. The molecule has 1 aromatic rings. The molecule has 3 heteroatoms. The molecule has 0 heterocycles. The largest absolute Gasteiger partial charge is 0.496 e. The van der Waals surface area contributed by atoms with Crippen molar-refractivity contribution in [3.8, 4) is 5.75 Å². The monoisotopic (exact) mass is 266 g/mol. The van der Waals surface area contributed by atoms with Gasteiger partial charge in [0.25, 0.3) is 0 Å². The maximum absolute atomic E-state index is 12.5. The Morgan fingerprint density at radius 1 is 1.44 bits per heavy atom. The predicted octanol–water partition coefficient (Wildman–Crippen LogP) is 4.36. The van der Waals surface area contributed by atoms with Crippen LogP contribution in [0.3, 0.4) is 0 Å². The molecule has 18 heavy (non-hydrogen) atoms. The Labute approximate surface area is 113 Å². The van der Waals surface area contributed by atoms with Crippen molar-refractivity contribution in [1.29, 1.82) is 0 Å². The minimum Gasteiger partial charge on any atom is -0.496 e. The summed E-state index contributed by atoms with van der Waals surface area (Å²) in [6.45, 7) is 2.19. The lowest BCUT2D eigenvalue weighted by Crippen LogP contribution is -2.13. The maximum atomic E-state index is 12.5. The van der Waals surface area contributed by atoms with E-state index in [1.165, 1.54) is 0 Å². The van der Waals surface area contributed by atoms with E-state index in [9.17, 15) is 4.79 Å². The van der Waals surface area contributed by atoms with Crippen molar-refractivity contribution < 1.29 is 9.53 Å². The molecule has 98 valence electrons. The summed E-state index contributed by atoms with van der Waals surface area (Å²) in [6, 6.07) is 5.24. The summed E-state index contributed by atoms with van der Waals surface area (Å²) in [5, 5.41) is 0.587. The summed E-state index contributed by atoms with van der Waals surface area (Å²) in [5.41, 5.74) is 0.631. The average molecular weight is 267 g/mol. The van der Waals surface area contributed by atoms with E-state index in [-0.39, 0.29) is 11.7 Å². The quantitative estimate of drug-likeness (QED) is 0.757. The maximum Gasteiger partial charge on any atom is 0.169 e. The molecule has 1 aliphatic rings. The number of carbonyl (C=O) groups excluding carboxylic acids is 1.